The number of allylic oxidation sites excluding steroid dienone is 14. The quantitative estimate of drug-likeness (QED) is 0.0351. The molecule has 1 atom stereocenters. The van der Waals surface area contributed by atoms with Crippen molar-refractivity contribution in [3.63, 3.8) is 0 Å². The van der Waals surface area contributed by atoms with Gasteiger partial charge in [0.15, 0.2) is 6.10 Å². The third kappa shape index (κ3) is 43.8. The average Bonchev–Trinajstić information content (AvgIpc) is 3.20. The Kier molecular flexibility index (Phi) is 44.0. The van der Waals surface area contributed by atoms with E-state index in [0.717, 1.165) is 89.9 Å². The number of ether oxygens (including phenoxy) is 3. The summed E-state index contributed by atoms with van der Waals surface area (Å²) in [7, 11) is 0. The molecule has 0 amide bonds. The summed E-state index contributed by atoms with van der Waals surface area (Å²) in [5, 5.41) is 0. The Morgan fingerprint density at radius 1 is 0.411 bits per heavy atom. The zero-order chi connectivity index (χ0) is 40.7. The maximum atomic E-state index is 12.5. The van der Waals surface area contributed by atoms with E-state index in [1.807, 2.05) is 0 Å². The van der Waals surface area contributed by atoms with Crippen LogP contribution in [0.5, 0.6) is 0 Å². The van der Waals surface area contributed by atoms with Crippen molar-refractivity contribution in [2.24, 2.45) is 0 Å². The lowest BCUT2D eigenvalue weighted by Gasteiger charge is -2.18. The summed E-state index contributed by atoms with van der Waals surface area (Å²) < 4.78 is 17.2. The zero-order valence-corrected chi connectivity index (χ0v) is 36.6. The van der Waals surface area contributed by atoms with E-state index in [9.17, 15) is 9.59 Å². The number of hydrogen-bond acceptors (Lipinski definition) is 5. The lowest BCUT2D eigenvalue weighted by molar-refractivity contribution is -0.163. The lowest BCUT2D eigenvalue weighted by Crippen LogP contribution is -2.30. The Balaban J connectivity index is 4.14. The van der Waals surface area contributed by atoms with Gasteiger partial charge in [-0.1, -0.05) is 176 Å². The van der Waals surface area contributed by atoms with Gasteiger partial charge in [0.25, 0.3) is 0 Å². The van der Waals surface area contributed by atoms with E-state index in [2.05, 4.69) is 106 Å². The van der Waals surface area contributed by atoms with Crippen LogP contribution in [0.1, 0.15) is 201 Å². The van der Waals surface area contributed by atoms with Crippen LogP contribution >= 0.6 is 0 Å². The minimum absolute atomic E-state index is 0.0556. The first-order chi connectivity index (χ1) is 27.6. The number of hydrogen-bond donors (Lipinski definition) is 0. The Hall–Kier alpha value is -2.92. The highest BCUT2D eigenvalue weighted by Crippen LogP contribution is 2.11. The van der Waals surface area contributed by atoms with Crippen LogP contribution in [0.4, 0.5) is 0 Å². The Morgan fingerprint density at radius 2 is 0.804 bits per heavy atom. The summed E-state index contributed by atoms with van der Waals surface area (Å²) in [6.07, 6.45) is 60.4. The van der Waals surface area contributed by atoms with Gasteiger partial charge in [-0.2, -0.15) is 0 Å². The van der Waals surface area contributed by atoms with Gasteiger partial charge in [0.2, 0.25) is 0 Å². The van der Waals surface area contributed by atoms with Crippen LogP contribution in [0.2, 0.25) is 0 Å². The minimum Gasteiger partial charge on any atom is -0.462 e. The van der Waals surface area contributed by atoms with E-state index < -0.39 is 6.10 Å². The molecular formula is C51H86O5. The molecule has 0 rings (SSSR count). The second-order valence-corrected chi connectivity index (χ2v) is 14.9. The molecular weight excluding hydrogens is 693 g/mol. The van der Waals surface area contributed by atoms with Crippen molar-refractivity contribution in [2.45, 2.75) is 207 Å². The number of unbranched alkanes of at least 4 members (excludes halogenated alkanes) is 16. The SMILES string of the molecule is CC/C=C\C/C=C\C/C=C\C/C=C\CCCCC(=O)OCC(COCCCCCCCCC/C=C\C/C=C\C/C=C\CCCCC)OC(=O)CCCCCCC. The molecule has 0 N–H and O–H groups in total. The van der Waals surface area contributed by atoms with Gasteiger partial charge in [0.05, 0.1) is 6.61 Å². The third-order valence-electron chi connectivity index (χ3n) is 9.42. The third-order valence-corrected chi connectivity index (χ3v) is 9.42. The van der Waals surface area contributed by atoms with Gasteiger partial charge in [-0.25, -0.2) is 0 Å². The normalized spacial score (nSPS) is 13.0. The second kappa shape index (κ2) is 46.5. The van der Waals surface area contributed by atoms with Crippen LogP contribution in [0.15, 0.2) is 85.1 Å². The number of carbonyl (C=O) groups is 2. The van der Waals surface area contributed by atoms with Crippen molar-refractivity contribution < 1.29 is 23.8 Å². The molecule has 5 nitrogen and oxygen atoms in total. The van der Waals surface area contributed by atoms with Gasteiger partial charge in [-0.05, 0) is 96.3 Å². The van der Waals surface area contributed by atoms with Crippen LogP contribution < -0.4 is 0 Å². The van der Waals surface area contributed by atoms with E-state index in [1.165, 1.54) is 77.0 Å². The monoisotopic (exact) mass is 779 g/mol. The summed E-state index contributed by atoms with van der Waals surface area (Å²) in [5.74, 6) is -0.469. The second-order valence-electron chi connectivity index (χ2n) is 14.9. The predicted molar refractivity (Wildman–Crippen MR) is 242 cm³/mol. The highest BCUT2D eigenvalue weighted by Gasteiger charge is 2.17. The summed E-state index contributed by atoms with van der Waals surface area (Å²) >= 11 is 0. The molecule has 1 unspecified atom stereocenters. The molecule has 0 aliphatic rings. The van der Waals surface area contributed by atoms with Crippen LogP contribution in [0.3, 0.4) is 0 Å². The fourth-order valence-corrected chi connectivity index (χ4v) is 5.98. The van der Waals surface area contributed by atoms with Gasteiger partial charge in [0.1, 0.15) is 6.61 Å². The fourth-order valence-electron chi connectivity index (χ4n) is 5.98. The molecule has 0 aromatic carbocycles. The highest BCUT2D eigenvalue weighted by atomic mass is 16.6. The van der Waals surface area contributed by atoms with Gasteiger partial charge in [-0.15, -0.1) is 0 Å². The molecule has 0 aliphatic heterocycles. The molecule has 0 saturated carbocycles. The van der Waals surface area contributed by atoms with Crippen molar-refractivity contribution in [2.75, 3.05) is 19.8 Å². The van der Waals surface area contributed by atoms with Gasteiger partial charge in [0, 0.05) is 19.4 Å². The zero-order valence-electron chi connectivity index (χ0n) is 36.6. The summed E-state index contributed by atoms with van der Waals surface area (Å²) in [5.41, 5.74) is 0. The molecule has 0 spiro atoms. The number of carbonyl (C=O) groups excluding carboxylic acids is 2. The van der Waals surface area contributed by atoms with E-state index in [1.54, 1.807) is 0 Å². The van der Waals surface area contributed by atoms with Crippen molar-refractivity contribution in [3.05, 3.63) is 85.1 Å². The highest BCUT2D eigenvalue weighted by molar-refractivity contribution is 5.70. The van der Waals surface area contributed by atoms with Gasteiger partial charge in [-0.3, -0.25) is 9.59 Å². The molecule has 0 aliphatic carbocycles. The predicted octanol–water partition coefficient (Wildman–Crippen LogP) is 15.3. The maximum absolute atomic E-state index is 12.5. The first-order valence-electron chi connectivity index (χ1n) is 23.1. The molecule has 0 aromatic rings. The van der Waals surface area contributed by atoms with E-state index in [4.69, 9.17) is 14.2 Å². The average molecular weight is 779 g/mol. The van der Waals surface area contributed by atoms with E-state index in [0.29, 0.717) is 19.4 Å². The fraction of sp³-hybridized carbons (Fsp3) is 0.686. The topological polar surface area (TPSA) is 61.8 Å². The van der Waals surface area contributed by atoms with Gasteiger partial charge >= 0.3 is 11.9 Å². The van der Waals surface area contributed by atoms with Crippen LogP contribution in [0, 0.1) is 0 Å². The van der Waals surface area contributed by atoms with Crippen LogP contribution in [-0.2, 0) is 23.8 Å². The van der Waals surface area contributed by atoms with Crippen LogP contribution in [-0.4, -0.2) is 37.9 Å². The standard InChI is InChI=1S/C51H86O5/c1-4-7-10-13-15-17-19-21-23-24-25-26-27-29-31-33-35-37-40-43-46-54-47-49(56-51(53)45-42-38-12-9-6-3)48-55-50(52)44-41-39-36-34-32-30-28-22-20-18-16-14-11-8-5-2/h8,11,15-18,21-23,25-26,28,32,34,49H,4-7,9-10,12-14,19-20,24,27,29-31,33,35-48H2,1-3H3/b11-8-,17-15-,18-16-,23-21-,26-25-,28-22-,34-32-. The lowest BCUT2D eigenvalue weighted by atomic mass is 10.1. The van der Waals surface area contributed by atoms with E-state index in [-0.39, 0.29) is 25.2 Å². The summed E-state index contributed by atoms with van der Waals surface area (Å²) in [6, 6.07) is 0. The van der Waals surface area contributed by atoms with Crippen molar-refractivity contribution in [1.82, 2.24) is 0 Å². The molecule has 56 heavy (non-hydrogen) atoms. The molecule has 0 saturated heterocycles. The molecule has 0 aromatic heterocycles. The molecule has 0 bridgehead atoms. The summed E-state index contributed by atoms with van der Waals surface area (Å²) in [4.78, 5) is 25.0. The largest absolute Gasteiger partial charge is 0.462 e. The Labute approximate surface area is 346 Å². The van der Waals surface area contributed by atoms with Crippen molar-refractivity contribution >= 4 is 11.9 Å². The van der Waals surface area contributed by atoms with Crippen molar-refractivity contribution in [3.8, 4) is 0 Å². The Morgan fingerprint density at radius 3 is 1.36 bits per heavy atom. The molecule has 5 heteroatoms. The molecule has 320 valence electrons. The van der Waals surface area contributed by atoms with Crippen molar-refractivity contribution in [1.29, 1.82) is 0 Å². The minimum atomic E-state index is -0.557. The number of esters is 2. The smallest absolute Gasteiger partial charge is 0.306 e. The summed E-state index contributed by atoms with van der Waals surface area (Å²) in [6.45, 7) is 7.53. The molecule has 0 fully saturated rings. The van der Waals surface area contributed by atoms with Crippen LogP contribution in [0.25, 0.3) is 0 Å². The first kappa shape index (κ1) is 53.1. The van der Waals surface area contributed by atoms with Gasteiger partial charge < -0.3 is 14.2 Å². The van der Waals surface area contributed by atoms with E-state index >= 15 is 0 Å². The first-order valence-corrected chi connectivity index (χ1v) is 23.1. The Bertz CT molecular complexity index is 1060. The molecule has 0 radical (unpaired) electrons. The maximum Gasteiger partial charge on any atom is 0.306 e. The molecule has 0 heterocycles. The number of rotatable bonds is 41.